The molecule has 1 aliphatic rings. The van der Waals surface area contributed by atoms with Gasteiger partial charge in [0.05, 0.1) is 12.1 Å². The number of aliphatic imine (C=N–C) groups is 1. The molecule has 0 radical (unpaired) electrons. The Bertz CT molecular complexity index is 918. The molecule has 208 valence electrons. The average Bonchev–Trinajstić information content (AvgIpc) is 2.81. The van der Waals surface area contributed by atoms with Gasteiger partial charge in [-0.1, -0.05) is 6.07 Å². The monoisotopic (exact) mass is 533 g/mol. The molecule has 4 N–H and O–H groups in total. The number of carbonyl (C=O) groups is 3. The maximum atomic E-state index is 12.0. The normalized spacial score (nSPS) is 14.6. The van der Waals surface area contributed by atoms with Crippen LogP contribution in [0.3, 0.4) is 0 Å². The van der Waals surface area contributed by atoms with Gasteiger partial charge < -0.3 is 30.5 Å². The van der Waals surface area contributed by atoms with Crippen molar-refractivity contribution in [2.45, 2.75) is 32.5 Å². The molecule has 1 heterocycles. The summed E-state index contributed by atoms with van der Waals surface area (Å²) in [4.78, 5) is 41.1. The van der Waals surface area contributed by atoms with Gasteiger partial charge in [0.25, 0.3) is 0 Å². The average molecular weight is 534 g/mol. The third-order valence-electron chi connectivity index (χ3n) is 4.87. The van der Waals surface area contributed by atoms with E-state index in [9.17, 15) is 27.9 Å². The zero-order chi connectivity index (χ0) is 28.0. The Morgan fingerprint density at radius 1 is 1.14 bits per heavy atom. The first-order valence-electron chi connectivity index (χ1n) is 11.5. The molecule has 1 amide bonds. The lowest BCUT2D eigenvalue weighted by atomic mass is 10.2. The molecular formula is C23H34F3N5O6. The van der Waals surface area contributed by atoms with E-state index in [1.807, 2.05) is 19.9 Å². The number of carboxylic acid groups (broad SMARTS) is 2. The number of halogens is 3. The number of hydrogen-bond donors (Lipinski definition) is 4. The van der Waals surface area contributed by atoms with Gasteiger partial charge in [0.2, 0.25) is 5.91 Å². The third-order valence-corrected chi connectivity index (χ3v) is 4.87. The molecule has 37 heavy (non-hydrogen) atoms. The van der Waals surface area contributed by atoms with E-state index >= 15 is 0 Å². The molecule has 0 unspecified atom stereocenters. The van der Waals surface area contributed by atoms with Gasteiger partial charge in [-0.25, -0.2) is 9.59 Å². The van der Waals surface area contributed by atoms with E-state index in [4.69, 9.17) is 14.6 Å². The molecular weight excluding hydrogens is 499 g/mol. The van der Waals surface area contributed by atoms with Gasteiger partial charge in [0.1, 0.15) is 0 Å². The van der Waals surface area contributed by atoms with Crippen LogP contribution >= 0.6 is 0 Å². The van der Waals surface area contributed by atoms with Crippen LogP contribution in [0.1, 0.15) is 30.6 Å². The third kappa shape index (κ3) is 12.9. The van der Waals surface area contributed by atoms with Gasteiger partial charge in [-0.05, 0) is 38.5 Å². The number of carboxylic acids is 2. The number of nitrogens with zero attached hydrogens (tertiary/aromatic N) is 3. The van der Waals surface area contributed by atoms with Crippen LogP contribution in [-0.4, -0.2) is 109 Å². The molecule has 14 heteroatoms. The first-order valence-corrected chi connectivity index (χ1v) is 11.5. The summed E-state index contributed by atoms with van der Waals surface area (Å²) in [5, 5.41) is 22.6. The number of nitrogens with one attached hydrogen (secondary N) is 2. The fourth-order valence-corrected chi connectivity index (χ4v) is 3.16. The summed E-state index contributed by atoms with van der Waals surface area (Å²) in [6.45, 7) is 8.48. The first kappa shape index (κ1) is 31.6. The van der Waals surface area contributed by atoms with Crippen molar-refractivity contribution in [1.82, 2.24) is 15.1 Å². The quantitative estimate of drug-likeness (QED) is 0.213. The number of amides is 1. The van der Waals surface area contributed by atoms with E-state index in [2.05, 4.69) is 25.4 Å². The van der Waals surface area contributed by atoms with Crippen molar-refractivity contribution in [2.75, 3.05) is 58.3 Å². The Kier molecular flexibility index (Phi) is 13.4. The van der Waals surface area contributed by atoms with Crippen molar-refractivity contribution in [1.29, 1.82) is 0 Å². The van der Waals surface area contributed by atoms with Crippen molar-refractivity contribution in [3.05, 3.63) is 29.8 Å². The zero-order valence-electron chi connectivity index (χ0n) is 21.0. The van der Waals surface area contributed by atoms with Crippen LogP contribution in [0, 0.1) is 0 Å². The predicted molar refractivity (Wildman–Crippen MR) is 131 cm³/mol. The molecule has 2 rings (SSSR count). The Hall–Kier alpha value is -3.39. The maximum Gasteiger partial charge on any atom is 0.490 e. The number of methoxy groups -OCH3 is 1. The highest BCUT2D eigenvalue weighted by molar-refractivity contribution is 5.95. The topological polar surface area (TPSA) is 144 Å². The number of aromatic carboxylic acids is 1. The molecule has 0 atom stereocenters. The number of anilines is 1. The number of ether oxygens (including phenoxy) is 1. The van der Waals surface area contributed by atoms with Crippen molar-refractivity contribution >= 4 is 29.5 Å². The van der Waals surface area contributed by atoms with Crippen LogP contribution in [0.2, 0.25) is 0 Å². The molecule has 0 aromatic heterocycles. The molecule has 1 aromatic rings. The Morgan fingerprint density at radius 3 is 2.27 bits per heavy atom. The van der Waals surface area contributed by atoms with Crippen LogP contribution in [0.25, 0.3) is 0 Å². The molecule has 1 aliphatic heterocycles. The molecule has 0 bridgehead atoms. The van der Waals surface area contributed by atoms with E-state index in [0.717, 1.165) is 32.6 Å². The van der Waals surface area contributed by atoms with Crippen molar-refractivity contribution in [3.63, 3.8) is 0 Å². The Labute approximate surface area is 213 Å². The van der Waals surface area contributed by atoms with E-state index in [0.29, 0.717) is 31.3 Å². The lowest BCUT2D eigenvalue weighted by Gasteiger charge is -2.36. The van der Waals surface area contributed by atoms with E-state index in [1.54, 1.807) is 25.3 Å². The SMILES string of the molecule is COCCCN=C(Nc1cccc(C(=O)O)c1)N1CCN(CC(=O)NC(C)C)CC1.O=C(O)C(F)(F)F. The minimum atomic E-state index is -5.08. The van der Waals surface area contributed by atoms with E-state index < -0.39 is 18.1 Å². The van der Waals surface area contributed by atoms with Crippen molar-refractivity contribution in [3.8, 4) is 0 Å². The molecule has 0 spiro atoms. The smallest absolute Gasteiger partial charge is 0.478 e. The molecule has 1 saturated heterocycles. The number of aliphatic carboxylic acids is 1. The molecule has 1 aromatic carbocycles. The zero-order valence-corrected chi connectivity index (χ0v) is 21.0. The number of piperazine rings is 1. The standard InChI is InChI=1S/C21H33N5O4.C2HF3O2/c1-16(2)23-19(27)15-25-9-11-26(12-10-25)21(22-8-5-13-30-3)24-18-7-4-6-17(14-18)20(28)29;3-2(4,5)1(6)7/h4,6-7,14,16H,5,8-13,15H2,1-3H3,(H,22,24)(H,23,27)(H,28,29);(H,6,7). The largest absolute Gasteiger partial charge is 0.490 e. The summed E-state index contributed by atoms with van der Waals surface area (Å²) in [6.07, 6.45) is -4.29. The second-order valence-corrected chi connectivity index (χ2v) is 8.35. The predicted octanol–water partition coefficient (Wildman–Crippen LogP) is 1.96. The molecule has 0 aliphatic carbocycles. The fraction of sp³-hybridized carbons (Fsp3) is 0.565. The van der Waals surface area contributed by atoms with Crippen LogP contribution in [0.15, 0.2) is 29.3 Å². The minimum absolute atomic E-state index is 0.0375. The molecule has 11 nitrogen and oxygen atoms in total. The van der Waals surface area contributed by atoms with Gasteiger partial charge in [-0.2, -0.15) is 13.2 Å². The first-order chi connectivity index (χ1) is 17.3. The summed E-state index contributed by atoms with van der Waals surface area (Å²) in [7, 11) is 1.66. The van der Waals surface area contributed by atoms with Crippen molar-refractivity contribution < 1.29 is 42.5 Å². The maximum absolute atomic E-state index is 12.0. The highest BCUT2D eigenvalue weighted by atomic mass is 19.4. The number of rotatable bonds is 9. The lowest BCUT2D eigenvalue weighted by Crippen LogP contribution is -2.53. The molecule has 0 saturated carbocycles. The molecule has 1 fully saturated rings. The second kappa shape index (κ2) is 15.7. The lowest BCUT2D eigenvalue weighted by molar-refractivity contribution is -0.192. The van der Waals surface area contributed by atoms with Gasteiger partial charge in [0, 0.05) is 58.2 Å². The van der Waals surface area contributed by atoms with Crippen LogP contribution in [0.5, 0.6) is 0 Å². The van der Waals surface area contributed by atoms with Gasteiger partial charge in [0.15, 0.2) is 5.96 Å². The highest BCUT2D eigenvalue weighted by Crippen LogP contribution is 2.14. The summed E-state index contributed by atoms with van der Waals surface area (Å²) in [6, 6.07) is 6.82. The number of benzene rings is 1. The van der Waals surface area contributed by atoms with Crippen LogP contribution in [0.4, 0.5) is 18.9 Å². The summed E-state index contributed by atoms with van der Waals surface area (Å²) < 4.78 is 36.8. The van der Waals surface area contributed by atoms with Gasteiger partial charge in [-0.3, -0.25) is 14.7 Å². The highest BCUT2D eigenvalue weighted by Gasteiger charge is 2.38. The van der Waals surface area contributed by atoms with Gasteiger partial charge in [-0.15, -0.1) is 0 Å². The number of guanidine groups is 1. The van der Waals surface area contributed by atoms with Crippen molar-refractivity contribution in [2.24, 2.45) is 4.99 Å². The fourth-order valence-electron chi connectivity index (χ4n) is 3.16. The summed E-state index contributed by atoms with van der Waals surface area (Å²) in [5.74, 6) is -2.98. The van der Waals surface area contributed by atoms with Gasteiger partial charge >= 0.3 is 18.1 Å². The summed E-state index contributed by atoms with van der Waals surface area (Å²) >= 11 is 0. The number of hydrogen-bond acceptors (Lipinski definition) is 6. The van der Waals surface area contributed by atoms with Crippen LogP contribution < -0.4 is 10.6 Å². The Balaban J connectivity index is 0.000000856. The Morgan fingerprint density at radius 2 is 1.76 bits per heavy atom. The number of carbonyl (C=O) groups excluding carboxylic acids is 1. The van der Waals surface area contributed by atoms with E-state index in [-0.39, 0.29) is 17.5 Å². The van der Waals surface area contributed by atoms with Crippen LogP contribution in [-0.2, 0) is 14.3 Å². The minimum Gasteiger partial charge on any atom is -0.478 e. The second-order valence-electron chi connectivity index (χ2n) is 8.35. The van der Waals surface area contributed by atoms with E-state index in [1.165, 1.54) is 0 Å². The summed E-state index contributed by atoms with van der Waals surface area (Å²) in [5.41, 5.74) is 0.902. The number of alkyl halides is 3.